The van der Waals surface area contributed by atoms with E-state index in [2.05, 4.69) is 28.2 Å². The monoisotopic (exact) mass is 346 g/mol. The van der Waals surface area contributed by atoms with Crippen LogP contribution in [0, 0.1) is 0 Å². The van der Waals surface area contributed by atoms with Crippen LogP contribution >= 0.6 is 27.3 Å². The van der Waals surface area contributed by atoms with Crippen molar-refractivity contribution in [2.24, 2.45) is 0 Å². The lowest BCUT2D eigenvalue weighted by Crippen LogP contribution is -1.96. The van der Waals surface area contributed by atoms with E-state index in [1.807, 2.05) is 6.07 Å². The van der Waals surface area contributed by atoms with Gasteiger partial charge in [-0.25, -0.2) is 0 Å². The van der Waals surface area contributed by atoms with Gasteiger partial charge in [-0.15, -0.1) is 11.3 Å². The third-order valence-electron chi connectivity index (χ3n) is 3.34. The molecule has 19 heavy (non-hydrogen) atoms. The van der Waals surface area contributed by atoms with Crippen molar-refractivity contribution in [1.29, 1.82) is 0 Å². The first-order valence-corrected chi connectivity index (χ1v) is 9.37. The number of hydrogen-bond donors (Lipinski definition) is 0. The minimum absolute atomic E-state index is 0.853. The lowest BCUT2D eigenvalue weighted by molar-refractivity contribution is 0.304. The van der Waals surface area contributed by atoms with Crippen LogP contribution in [0.15, 0.2) is 15.2 Å². The van der Waals surface area contributed by atoms with Crippen molar-refractivity contribution < 1.29 is 4.74 Å². The number of unbranched alkanes of at least 4 members (excludes halogenated alkanes) is 9. The van der Waals surface area contributed by atoms with Crippen molar-refractivity contribution in [2.75, 3.05) is 6.61 Å². The molecule has 0 atom stereocenters. The maximum atomic E-state index is 5.71. The minimum Gasteiger partial charge on any atom is -0.492 e. The molecule has 110 valence electrons. The van der Waals surface area contributed by atoms with Gasteiger partial charge < -0.3 is 4.74 Å². The van der Waals surface area contributed by atoms with Gasteiger partial charge in [-0.2, -0.15) is 0 Å². The molecule has 0 spiro atoms. The lowest BCUT2D eigenvalue weighted by Gasteiger charge is -2.05. The summed E-state index contributed by atoms with van der Waals surface area (Å²) in [5.41, 5.74) is 0. The molecule has 1 heterocycles. The van der Waals surface area contributed by atoms with Gasteiger partial charge in [0.05, 0.1) is 6.61 Å². The highest BCUT2D eigenvalue weighted by atomic mass is 79.9. The molecule has 0 bridgehead atoms. The van der Waals surface area contributed by atoms with Gasteiger partial charge in [0.2, 0.25) is 0 Å². The molecule has 0 aliphatic rings. The van der Waals surface area contributed by atoms with Gasteiger partial charge in [0, 0.05) is 0 Å². The van der Waals surface area contributed by atoms with Crippen LogP contribution in [0.2, 0.25) is 0 Å². The molecule has 0 fully saturated rings. The first-order valence-electron chi connectivity index (χ1n) is 7.70. The summed E-state index contributed by atoms with van der Waals surface area (Å²) in [7, 11) is 0. The van der Waals surface area contributed by atoms with Crippen LogP contribution in [0.4, 0.5) is 0 Å². The second-order valence-electron chi connectivity index (χ2n) is 5.09. The normalized spacial score (nSPS) is 10.8. The highest BCUT2D eigenvalue weighted by molar-refractivity contribution is 9.11. The van der Waals surface area contributed by atoms with Crippen LogP contribution in [0.1, 0.15) is 71.1 Å². The van der Waals surface area contributed by atoms with E-state index in [9.17, 15) is 0 Å². The average molecular weight is 347 g/mol. The Balaban J connectivity index is 1.80. The number of rotatable bonds is 12. The highest BCUT2D eigenvalue weighted by Gasteiger charge is 2.00. The quantitative estimate of drug-likeness (QED) is 0.377. The largest absolute Gasteiger partial charge is 0.492 e. The molecule has 0 aliphatic carbocycles. The summed E-state index contributed by atoms with van der Waals surface area (Å²) >= 11 is 5.17. The summed E-state index contributed by atoms with van der Waals surface area (Å²) < 4.78 is 6.82. The predicted octanol–water partition coefficient (Wildman–Crippen LogP) is 6.81. The van der Waals surface area contributed by atoms with Crippen molar-refractivity contribution in [3.05, 3.63) is 15.2 Å². The summed E-state index contributed by atoms with van der Waals surface area (Å²) in [5.74, 6) is 1.00. The number of hydrogen-bond acceptors (Lipinski definition) is 2. The number of ether oxygens (including phenoxy) is 1. The Bertz CT molecular complexity index is 311. The Morgan fingerprint density at radius 1 is 0.947 bits per heavy atom. The summed E-state index contributed by atoms with van der Waals surface area (Å²) in [6.45, 7) is 3.13. The zero-order valence-corrected chi connectivity index (χ0v) is 14.5. The van der Waals surface area contributed by atoms with Crippen LogP contribution < -0.4 is 4.74 Å². The molecule has 0 aromatic carbocycles. The fraction of sp³-hybridized carbons (Fsp3) is 0.750. The van der Waals surface area contributed by atoms with Crippen LogP contribution in [-0.4, -0.2) is 6.61 Å². The van der Waals surface area contributed by atoms with Gasteiger partial charge in [-0.1, -0.05) is 64.7 Å². The molecule has 1 aromatic rings. The molecule has 3 heteroatoms. The van der Waals surface area contributed by atoms with Gasteiger partial charge in [-0.05, 0) is 33.8 Å². The van der Waals surface area contributed by atoms with E-state index in [-0.39, 0.29) is 0 Å². The molecule has 1 nitrogen and oxygen atoms in total. The van der Waals surface area contributed by atoms with Crippen molar-refractivity contribution in [3.8, 4) is 5.75 Å². The van der Waals surface area contributed by atoms with E-state index >= 15 is 0 Å². The first-order chi connectivity index (χ1) is 9.34. The van der Waals surface area contributed by atoms with E-state index in [0.717, 1.165) is 16.1 Å². The molecule has 0 aliphatic heterocycles. The molecule has 0 saturated heterocycles. The molecule has 0 N–H and O–H groups in total. The molecule has 1 aromatic heterocycles. The number of thiophene rings is 1. The second kappa shape index (κ2) is 11.8. The Morgan fingerprint density at radius 2 is 1.53 bits per heavy atom. The van der Waals surface area contributed by atoms with E-state index in [4.69, 9.17) is 4.74 Å². The van der Waals surface area contributed by atoms with Crippen molar-refractivity contribution in [1.82, 2.24) is 0 Å². The molecular weight excluding hydrogens is 320 g/mol. The van der Waals surface area contributed by atoms with E-state index in [1.54, 1.807) is 11.3 Å². The second-order valence-corrected chi connectivity index (χ2v) is 7.32. The van der Waals surface area contributed by atoms with Gasteiger partial charge >= 0.3 is 0 Å². The van der Waals surface area contributed by atoms with Gasteiger partial charge in [-0.3, -0.25) is 0 Å². The Labute approximate surface area is 130 Å². The van der Waals surface area contributed by atoms with Crippen molar-refractivity contribution >= 4 is 27.3 Å². The summed E-state index contributed by atoms with van der Waals surface area (Å²) in [6.07, 6.45) is 13.7. The van der Waals surface area contributed by atoms with Crippen LogP contribution in [0.5, 0.6) is 5.75 Å². The Hall–Kier alpha value is -0.0200. The Morgan fingerprint density at radius 3 is 2.05 bits per heavy atom. The lowest BCUT2D eigenvalue weighted by atomic mass is 10.1. The maximum Gasteiger partial charge on any atom is 0.144 e. The highest BCUT2D eigenvalue weighted by Crippen LogP contribution is 2.30. The standard InChI is InChI=1S/C16H27BrOS/c1-2-3-4-5-6-7-8-9-10-11-13-18-15-12-14-19-16(15)17/h12,14H,2-11,13H2,1H3. The molecule has 0 unspecified atom stereocenters. The zero-order chi connectivity index (χ0) is 13.8. The van der Waals surface area contributed by atoms with Crippen LogP contribution in [0.3, 0.4) is 0 Å². The van der Waals surface area contributed by atoms with Crippen LogP contribution in [-0.2, 0) is 0 Å². The summed E-state index contributed by atoms with van der Waals surface area (Å²) in [5, 5.41) is 2.05. The van der Waals surface area contributed by atoms with Gasteiger partial charge in [0.25, 0.3) is 0 Å². The molecule has 0 amide bonds. The van der Waals surface area contributed by atoms with E-state index < -0.39 is 0 Å². The van der Waals surface area contributed by atoms with E-state index in [0.29, 0.717) is 0 Å². The fourth-order valence-corrected chi connectivity index (χ4v) is 3.28. The molecule has 0 radical (unpaired) electrons. The number of halogens is 1. The van der Waals surface area contributed by atoms with Gasteiger partial charge in [0.1, 0.15) is 9.54 Å². The SMILES string of the molecule is CCCCCCCCCCCCOc1ccsc1Br. The van der Waals surface area contributed by atoms with E-state index in [1.165, 1.54) is 64.2 Å². The summed E-state index contributed by atoms with van der Waals surface area (Å²) in [4.78, 5) is 0. The smallest absolute Gasteiger partial charge is 0.144 e. The topological polar surface area (TPSA) is 9.23 Å². The first kappa shape index (κ1) is 17.0. The maximum absolute atomic E-state index is 5.71. The molecule has 1 rings (SSSR count). The summed E-state index contributed by atoms with van der Waals surface area (Å²) in [6, 6.07) is 2.03. The Kier molecular flexibility index (Phi) is 10.6. The van der Waals surface area contributed by atoms with Crippen molar-refractivity contribution in [3.63, 3.8) is 0 Å². The minimum atomic E-state index is 0.853. The fourth-order valence-electron chi connectivity index (χ4n) is 2.16. The third-order valence-corrected chi connectivity index (χ3v) is 4.97. The average Bonchev–Trinajstić information content (AvgIpc) is 2.82. The molecule has 0 saturated carbocycles. The predicted molar refractivity (Wildman–Crippen MR) is 89.4 cm³/mol. The zero-order valence-electron chi connectivity index (χ0n) is 12.1. The van der Waals surface area contributed by atoms with Gasteiger partial charge in [0.15, 0.2) is 0 Å². The third kappa shape index (κ3) is 8.69. The van der Waals surface area contributed by atoms with Crippen LogP contribution in [0.25, 0.3) is 0 Å². The molecular formula is C16H27BrOS. The van der Waals surface area contributed by atoms with Crippen molar-refractivity contribution in [2.45, 2.75) is 71.1 Å².